The zero-order valence-electron chi connectivity index (χ0n) is 14.4. The minimum atomic E-state index is -0.403. The van der Waals surface area contributed by atoms with Crippen LogP contribution in [0.3, 0.4) is 0 Å². The molecule has 0 atom stereocenters. The quantitative estimate of drug-likeness (QED) is 0.497. The Kier molecular flexibility index (Phi) is 6.11. The third-order valence-electron chi connectivity index (χ3n) is 3.67. The first-order valence-corrected chi connectivity index (χ1v) is 8.77. The number of hydrogen-bond acceptors (Lipinski definition) is 5. The van der Waals surface area contributed by atoms with Crippen molar-refractivity contribution in [1.82, 2.24) is 9.78 Å². The molecule has 1 N–H and O–H groups in total. The summed E-state index contributed by atoms with van der Waals surface area (Å²) in [6, 6.07) is 15.2. The Balaban J connectivity index is 1.64. The van der Waals surface area contributed by atoms with Crippen molar-refractivity contribution in [3.63, 3.8) is 0 Å². The average Bonchev–Trinajstić information content (AvgIpc) is 2.68. The number of halogens is 2. The van der Waals surface area contributed by atoms with Gasteiger partial charge in [-0.2, -0.15) is 10.2 Å². The molecule has 27 heavy (non-hydrogen) atoms. The van der Waals surface area contributed by atoms with Crippen LogP contribution >= 0.6 is 23.2 Å². The second-order valence-electron chi connectivity index (χ2n) is 5.64. The number of ether oxygens (including phenoxy) is 1. The van der Waals surface area contributed by atoms with Gasteiger partial charge in [-0.3, -0.25) is 10.2 Å². The van der Waals surface area contributed by atoms with Crippen LogP contribution in [0.15, 0.2) is 64.6 Å². The van der Waals surface area contributed by atoms with E-state index in [9.17, 15) is 4.79 Å². The molecule has 0 aliphatic rings. The van der Waals surface area contributed by atoms with Gasteiger partial charge in [-0.05, 0) is 29.3 Å². The zero-order valence-corrected chi connectivity index (χ0v) is 15.9. The van der Waals surface area contributed by atoms with E-state index in [0.29, 0.717) is 23.1 Å². The van der Waals surface area contributed by atoms with Crippen LogP contribution in [0.25, 0.3) is 0 Å². The molecule has 1 heterocycles. The lowest BCUT2D eigenvalue weighted by Gasteiger charge is -2.08. The summed E-state index contributed by atoms with van der Waals surface area (Å²) >= 11 is 12.2. The summed E-state index contributed by atoms with van der Waals surface area (Å²) in [5.74, 6) is 0.587. The lowest BCUT2D eigenvalue weighted by Crippen LogP contribution is -2.20. The van der Waals surface area contributed by atoms with E-state index in [2.05, 4.69) is 15.6 Å². The largest absolute Gasteiger partial charge is 0.487 e. The summed E-state index contributed by atoms with van der Waals surface area (Å²) in [7, 11) is 1.52. The number of rotatable bonds is 6. The number of hydrazone groups is 1. The molecule has 3 rings (SSSR count). The van der Waals surface area contributed by atoms with Crippen LogP contribution in [0, 0.1) is 0 Å². The lowest BCUT2D eigenvalue weighted by atomic mass is 10.2. The number of benzene rings is 2. The van der Waals surface area contributed by atoms with Crippen LogP contribution in [-0.2, 0) is 13.7 Å². The van der Waals surface area contributed by atoms with Gasteiger partial charge in [0.1, 0.15) is 23.1 Å². The van der Waals surface area contributed by atoms with E-state index in [0.717, 1.165) is 15.8 Å². The molecule has 138 valence electrons. The monoisotopic (exact) mass is 402 g/mol. The summed E-state index contributed by atoms with van der Waals surface area (Å²) < 4.78 is 6.88. The fraction of sp³-hybridized carbons (Fsp3) is 0.105. The van der Waals surface area contributed by atoms with Crippen LogP contribution in [-0.4, -0.2) is 16.0 Å². The third kappa shape index (κ3) is 4.87. The molecule has 0 saturated heterocycles. The van der Waals surface area contributed by atoms with Crippen molar-refractivity contribution in [1.29, 1.82) is 0 Å². The minimum Gasteiger partial charge on any atom is -0.487 e. The van der Waals surface area contributed by atoms with Crippen LogP contribution in [0.2, 0.25) is 10.0 Å². The molecule has 0 saturated carbocycles. The van der Waals surface area contributed by atoms with Crippen LogP contribution < -0.4 is 15.7 Å². The van der Waals surface area contributed by atoms with Gasteiger partial charge >= 0.3 is 0 Å². The van der Waals surface area contributed by atoms with Gasteiger partial charge in [-0.15, -0.1) is 0 Å². The first-order chi connectivity index (χ1) is 13.0. The number of nitrogens with zero attached hydrogens (tertiary/aromatic N) is 3. The summed E-state index contributed by atoms with van der Waals surface area (Å²) in [6.45, 7) is 0.435. The molecule has 0 radical (unpaired) electrons. The van der Waals surface area contributed by atoms with E-state index in [1.165, 1.54) is 13.2 Å². The van der Waals surface area contributed by atoms with Gasteiger partial charge in [0.25, 0.3) is 5.56 Å². The molecule has 0 unspecified atom stereocenters. The number of aryl methyl sites for hydroxylation is 1. The molecular weight excluding hydrogens is 387 g/mol. The molecule has 0 fully saturated rings. The Morgan fingerprint density at radius 1 is 1.22 bits per heavy atom. The standard InChI is InChI=1S/C19H16Cl2N4O2/c1-25-19(26)18(21)16(11-23-25)24-22-10-14-7-8-17(15(20)9-14)27-12-13-5-3-2-4-6-13/h2-11,24H,12H2,1H3/b22-10-. The highest BCUT2D eigenvalue weighted by Crippen LogP contribution is 2.26. The molecule has 8 heteroatoms. The number of hydrogen-bond donors (Lipinski definition) is 1. The second-order valence-corrected chi connectivity index (χ2v) is 6.42. The third-order valence-corrected chi connectivity index (χ3v) is 4.33. The van der Waals surface area contributed by atoms with Crippen molar-refractivity contribution in [3.05, 3.63) is 86.3 Å². The highest BCUT2D eigenvalue weighted by atomic mass is 35.5. The summed E-state index contributed by atoms with van der Waals surface area (Å²) in [5, 5.41) is 8.44. The topological polar surface area (TPSA) is 68.5 Å². The number of anilines is 1. The van der Waals surface area contributed by atoms with E-state index in [4.69, 9.17) is 27.9 Å². The van der Waals surface area contributed by atoms with Crippen molar-refractivity contribution >= 4 is 35.1 Å². The molecule has 3 aromatic rings. The molecule has 6 nitrogen and oxygen atoms in total. The van der Waals surface area contributed by atoms with Crippen LogP contribution in [0.5, 0.6) is 5.75 Å². The Morgan fingerprint density at radius 2 is 2.00 bits per heavy atom. The van der Waals surface area contributed by atoms with E-state index in [1.54, 1.807) is 18.3 Å². The molecule has 0 spiro atoms. The van der Waals surface area contributed by atoms with Crippen molar-refractivity contribution in [2.75, 3.05) is 5.43 Å². The highest BCUT2D eigenvalue weighted by molar-refractivity contribution is 6.33. The first kappa shape index (κ1) is 18.9. The molecule has 1 aromatic heterocycles. The SMILES string of the molecule is Cn1ncc(N/N=C\c2ccc(OCc3ccccc3)c(Cl)c2)c(Cl)c1=O. The maximum Gasteiger partial charge on any atom is 0.287 e. The van der Waals surface area contributed by atoms with Gasteiger partial charge < -0.3 is 4.74 Å². The molecule has 0 aliphatic heterocycles. The second kappa shape index (κ2) is 8.70. The van der Waals surface area contributed by atoms with Crippen molar-refractivity contribution in [3.8, 4) is 5.75 Å². The fourth-order valence-electron chi connectivity index (χ4n) is 2.21. The van der Waals surface area contributed by atoms with E-state index < -0.39 is 5.56 Å². The Morgan fingerprint density at radius 3 is 2.74 bits per heavy atom. The maximum absolute atomic E-state index is 11.7. The van der Waals surface area contributed by atoms with Crippen LogP contribution in [0.4, 0.5) is 5.69 Å². The fourth-order valence-corrected chi connectivity index (χ4v) is 2.67. The average molecular weight is 403 g/mol. The zero-order chi connectivity index (χ0) is 19.2. The van der Waals surface area contributed by atoms with Crippen molar-refractivity contribution in [2.24, 2.45) is 12.1 Å². The van der Waals surface area contributed by atoms with Gasteiger partial charge in [-0.25, -0.2) is 4.68 Å². The Bertz CT molecular complexity index is 1020. The molecular formula is C19H16Cl2N4O2. The van der Waals surface area contributed by atoms with Crippen LogP contribution in [0.1, 0.15) is 11.1 Å². The highest BCUT2D eigenvalue weighted by Gasteiger charge is 2.06. The van der Waals surface area contributed by atoms with Gasteiger partial charge in [0.2, 0.25) is 0 Å². The Hall–Kier alpha value is -2.83. The molecule has 0 amide bonds. The Labute approximate surface area is 166 Å². The van der Waals surface area contributed by atoms with Gasteiger partial charge in [-0.1, -0.05) is 53.5 Å². The first-order valence-electron chi connectivity index (χ1n) is 8.02. The predicted octanol–water partition coefficient (Wildman–Crippen LogP) is 4.11. The minimum absolute atomic E-state index is 0.0207. The summed E-state index contributed by atoms with van der Waals surface area (Å²) in [4.78, 5) is 11.7. The smallest absolute Gasteiger partial charge is 0.287 e. The maximum atomic E-state index is 11.7. The lowest BCUT2D eigenvalue weighted by molar-refractivity contribution is 0.306. The molecule has 0 bridgehead atoms. The van der Waals surface area contributed by atoms with Gasteiger partial charge in [0.15, 0.2) is 0 Å². The summed E-state index contributed by atoms with van der Waals surface area (Å²) in [6.07, 6.45) is 2.98. The van der Waals surface area contributed by atoms with E-state index >= 15 is 0 Å². The van der Waals surface area contributed by atoms with Gasteiger partial charge in [0.05, 0.1) is 17.4 Å². The van der Waals surface area contributed by atoms with Crippen molar-refractivity contribution in [2.45, 2.75) is 6.61 Å². The molecule has 2 aromatic carbocycles. The number of aromatic nitrogens is 2. The van der Waals surface area contributed by atoms with Gasteiger partial charge in [0, 0.05) is 7.05 Å². The van der Waals surface area contributed by atoms with Crippen molar-refractivity contribution < 1.29 is 4.74 Å². The molecule has 0 aliphatic carbocycles. The predicted molar refractivity (Wildman–Crippen MR) is 108 cm³/mol. The van der Waals surface area contributed by atoms with E-state index in [-0.39, 0.29) is 5.02 Å². The summed E-state index contributed by atoms with van der Waals surface area (Å²) in [5.41, 5.74) is 4.43. The normalized spacial score (nSPS) is 10.9. The van der Waals surface area contributed by atoms with E-state index in [1.807, 2.05) is 36.4 Å². The number of nitrogens with one attached hydrogen (secondary N) is 1.